The first-order valence-corrected chi connectivity index (χ1v) is 5.57. The standard InChI is InChI=1S/C10H12BrFN2O2/c1-3-16-6(2)10(15)14-9-7(11)4-13-5-8(9)12/h4-6H,3H2,1-2H3,(H,13,14,15). The van der Waals surface area contributed by atoms with E-state index in [0.717, 1.165) is 6.20 Å². The minimum atomic E-state index is -0.621. The Bertz CT molecular complexity index is 367. The van der Waals surface area contributed by atoms with Gasteiger partial charge >= 0.3 is 0 Å². The number of nitrogens with zero attached hydrogens (tertiary/aromatic N) is 1. The van der Waals surface area contributed by atoms with Gasteiger partial charge in [0.15, 0.2) is 5.82 Å². The maximum absolute atomic E-state index is 13.3. The lowest BCUT2D eigenvalue weighted by molar-refractivity contribution is -0.126. The van der Waals surface area contributed by atoms with E-state index in [1.165, 1.54) is 6.20 Å². The maximum Gasteiger partial charge on any atom is 0.253 e. The van der Waals surface area contributed by atoms with Crippen molar-refractivity contribution < 1.29 is 13.9 Å². The number of hydrogen-bond acceptors (Lipinski definition) is 3. The Balaban J connectivity index is 2.77. The van der Waals surface area contributed by atoms with Crippen LogP contribution in [0.15, 0.2) is 16.9 Å². The van der Waals surface area contributed by atoms with E-state index in [-0.39, 0.29) is 5.69 Å². The molecule has 6 heteroatoms. The van der Waals surface area contributed by atoms with Crippen molar-refractivity contribution in [3.8, 4) is 0 Å². The van der Waals surface area contributed by atoms with Gasteiger partial charge in [-0.15, -0.1) is 0 Å². The molecule has 0 saturated carbocycles. The SMILES string of the molecule is CCOC(C)C(=O)Nc1c(F)cncc1Br. The van der Waals surface area contributed by atoms with Crippen molar-refractivity contribution in [2.75, 3.05) is 11.9 Å². The van der Waals surface area contributed by atoms with Crippen molar-refractivity contribution in [1.29, 1.82) is 0 Å². The smallest absolute Gasteiger partial charge is 0.253 e. The third kappa shape index (κ3) is 3.24. The maximum atomic E-state index is 13.3. The second-order valence-electron chi connectivity index (χ2n) is 3.06. The van der Waals surface area contributed by atoms with Gasteiger partial charge in [0.1, 0.15) is 6.10 Å². The van der Waals surface area contributed by atoms with Gasteiger partial charge in [0.25, 0.3) is 5.91 Å². The summed E-state index contributed by atoms with van der Waals surface area (Å²) in [4.78, 5) is 15.2. The Hall–Kier alpha value is -1.01. The van der Waals surface area contributed by atoms with Crippen molar-refractivity contribution in [1.82, 2.24) is 4.98 Å². The highest BCUT2D eigenvalue weighted by atomic mass is 79.9. The molecular formula is C10H12BrFN2O2. The monoisotopic (exact) mass is 290 g/mol. The fourth-order valence-electron chi connectivity index (χ4n) is 1.08. The second-order valence-corrected chi connectivity index (χ2v) is 3.92. The molecule has 1 heterocycles. The number of carbonyl (C=O) groups is 1. The fourth-order valence-corrected chi connectivity index (χ4v) is 1.49. The Labute approximate surface area is 101 Å². The Kier molecular flexibility index (Phi) is 4.82. The minimum Gasteiger partial charge on any atom is -0.369 e. The first-order chi connectivity index (χ1) is 7.56. The third-order valence-electron chi connectivity index (χ3n) is 1.89. The van der Waals surface area contributed by atoms with Crippen LogP contribution < -0.4 is 5.32 Å². The van der Waals surface area contributed by atoms with Crippen molar-refractivity contribution in [3.63, 3.8) is 0 Å². The van der Waals surface area contributed by atoms with Crippen LogP contribution in [0.25, 0.3) is 0 Å². The molecule has 1 N–H and O–H groups in total. The molecule has 0 saturated heterocycles. The van der Waals surface area contributed by atoms with Gasteiger partial charge < -0.3 is 10.1 Å². The summed E-state index contributed by atoms with van der Waals surface area (Å²) in [6, 6.07) is 0. The Morgan fingerprint density at radius 1 is 1.69 bits per heavy atom. The fraction of sp³-hybridized carbons (Fsp3) is 0.400. The van der Waals surface area contributed by atoms with Crippen molar-refractivity contribution in [2.45, 2.75) is 20.0 Å². The normalized spacial score (nSPS) is 12.2. The lowest BCUT2D eigenvalue weighted by atomic mass is 10.3. The topological polar surface area (TPSA) is 51.2 Å². The Morgan fingerprint density at radius 2 is 2.38 bits per heavy atom. The molecule has 4 nitrogen and oxygen atoms in total. The summed E-state index contributed by atoms with van der Waals surface area (Å²) >= 11 is 3.11. The van der Waals surface area contributed by atoms with Crippen LogP contribution in [0.5, 0.6) is 0 Å². The van der Waals surface area contributed by atoms with Crippen molar-refractivity contribution in [2.24, 2.45) is 0 Å². The molecule has 0 aromatic carbocycles. The van der Waals surface area contributed by atoms with E-state index in [9.17, 15) is 9.18 Å². The number of hydrogen-bond donors (Lipinski definition) is 1. The van der Waals surface area contributed by atoms with Crippen LogP contribution in [0.4, 0.5) is 10.1 Å². The zero-order chi connectivity index (χ0) is 12.1. The van der Waals surface area contributed by atoms with Crippen LogP contribution >= 0.6 is 15.9 Å². The molecule has 1 amide bonds. The number of ether oxygens (including phenoxy) is 1. The lowest BCUT2D eigenvalue weighted by Crippen LogP contribution is -2.28. The van der Waals surface area contributed by atoms with Gasteiger partial charge in [0, 0.05) is 12.8 Å². The zero-order valence-electron chi connectivity index (χ0n) is 8.96. The molecule has 0 spiro atoms. The number of halogens is 2. The van der Waals surface area contributed by atoms with Gasteiger partial charge in [-0.2, -0.15) is 0 Å². The predicted octanol–water partition coefficient (Wildman–Crippen LogP) is 2.35. The van der Waals surface area contributed by atoms with Gasteiger partial charge in [0.2, 0.25) is 0 Å². The highest BCUT2D eigenvalue weighted by molar-refractivity contribution is 9.10. The molecule has 0 bridgehead atoms. The molecule has 1 rings (SSSR count). The molecule has 1 aromatic heterocycles. The Morgan fingerprint density at radius 3 is 2.94 bits per heavy atom. The van der Waals surface area contributed by atoms with E-state index in [2.05, 4.69) is 26.2 Å². The molecule has 0 aliphatic heterocycles. The number of pyridine rings is 1. The van der Waals surface area contributed by atoms with E-state index in [4.69, 9.17) is 4.74 Å². The summed E-state index contributed by atoms with van der Waals surface area (Å²) in [7, 11) is 0. The van der Waals surface area contributed by atoms with Crippen molar-refractivity contribution in [3.05, 3.63) is 22.7 Å². The predicted molar refractivity (Wildman–Crippen MR) is 61.6 cm³/mol. The number of amides is 1. The number of nitrogens with one attached hydrogen (secondary N) is 1. The quantitative estimate of drug-likeness (QED) is 0.926. The molecule has 0 aliphatic carbocycles. The van der Waals surface area contributed by atoms with E-state index in [1.807, 2.05) is 0 Å². The van der Waals surface area contributed by atoms with E-state index < -0.39 is 17.8 Å². The van der Waals surface area contributed by atoms with Crippen LogP contribution in [-0.4, -0.2) is 23.6 Å². The first-order valence-electron chi connectivity index (χ1n) is 4.77. The first kappa shape index (κ1) is 13.1. The minimum absolute atomic E-state index is 0.0755. The molecular weight excluding hydrogens is 279 g/mol. The van der Waals surface area contributed by atoms with Crippen molar-refractivity contribution >= 4 is 27.5 Å². The molecule has 0 aliphatic rings. The van der Waals surface area contributed by atoms with E-state index in [1.54, 1.807) is 13.8 Å². The van der Waals surface area contributed by atoms with Gasteiger partial charge in [0.05, 0.1) is 16.4 Å². The number of carbonyl (C=O) groups excluding carboxylic acids is 1. The van der Waals surface area contributed by atoms with Gasteiger partial charge in [-0.25, -0.2) is 4.39 Å². The lowest BCUT2D eigenvalue weighted by Gasteiger charge is -2.13. The van der Waals surface area contributed by atoms with Crippen LogP contribution in [0.2, 0.25) is 0 Å². The molecule has 88 valence electrons. The molecule has 1 unspecified atom stereocenters. The molecule has 0 radical (unpaired) electrons. The summed E-state index contributed by atoms with van der Waals surface area (Å²) in [6.07, 6.45) is 1.82. The molecule has 1 atom stereocenters. The van der Waals surface area contributed by atoms with Crippen LogP contribution in [0, 0.1) is 5.82 Å². The third-order valence-corrected chi connectivity index (χ3v) is 2.49. The van der Waals surface area contributed by atoms with Crippen LogP contribution in [0.1, 0.15) is 13.8 Å². The largest absolute Gasteiger partial charge is 0.369 e. The van der Waals surface area contributed by atoms with Crippen LogP contribution in [-0.2, 0) is 9.53 Å². The van der Waals surface area contributed by atoms with Gasteiger partial charge in [-0.05, 0) is 29.8 Å². The average Bonchev–Trinajstić information content (AvgIpc) is 2.23. The van der Waals surface area contributed by atoms with E-state index in [0.29, 0.717) is 11.1 Å². The highest BCUT2D eigenvalue weighted by Crippen LogP contribution is 2.24. The van der Waals surface area contributed by atoms with Crippen LogP contribution in [0.3, 0.4) is 0 Å². The number of anilines is 1. The molecule has 1 aromatic rings. The summed E-state index contributed by atoms with van der Waals surface area (Å²) in [5.41, 5.74) is 0.0755. The highest BCUT2D eigenvalue weighted by Gasteiger charge is 2.16. The average molecular weight is 291 g/mol. The summed E-state index contributed by atoms with van der Waals surface area (Å²) in [5.74, 6) is -0.987. The summed E-state index contributed by atoms with van der Waals surface area (Å²) in [6.45, 7) is 3.81. The second kappa shape index (κ2) is 5.91. The van der Waals surface area contributed by atoms with Gasteiger partial charge in [-0.3, -0.25) is 9.78 Å². The van der Waals surface area contributed by atoms with E-state index >= 15 is 0 Å². The number of rotatable bonds is 4. The summed E-state index contributed by atoms with van der Waals surface area (Å²) < 4.78 is 18.8. The zero-order valence-corrected chi connectivity index (χ0v) is 10.5. The number of aromatic nitrogens is 1. The molecule has 16 heavy (non-hydrogen) atoms. The molecule has 0 fully saturated rings. The van der Waals surface area contributed by atoms with Gasteiger partial charge in [-0.1, -0.05) is 0 Å². The summed E-state index contributed by atoms with van der Waals surface area (Å²) in [5, 5.41) is 2.44.